The van der Waals surface area contributed by atoms with Crippen molar-refractivity contribution < 1.29 is 9.53 Å². The van der Waals surface area contributed by atoms with E-state index in [1.54, 1.807) is 18.2 Å². The SMILES string of the molecule is COc1ccc(Cl)cc1NC(=O)Cn1nnc(-c2ccccc2C)n1. The molecule has 0 saturated carbocycles. The van der Waals surface area contributed by atoms with Gasteiger partial charge in [0.05, 0.1) is 12.8 Å². The van der Waals surface area contributed by atoms with E-state index in [9.17, 15) is 4.79 Å². The number of tetrazole rings is 1. The first-order chi connectivity index (χ1) is 12.1. The molecule has 1 N–H and O–H groups in total. The molecule has 0 aliphatic carbocycles. The van der Waals surface area contributed by atoms with Crippen molar-refractivity contribution in [2.24, 2.45) is 0 Å². The van der Waals surface area contributed by atoms with Crippen LogP contribution in [0.5, 0.6) is 5.75 Å². The Morgan fingerprint density at radius 2 is 2.08 bits per heavy atom. The molecule has 3 aromatic rings. The van der Waals surface area contributed by atoms with Crippen molar-refractivity contribution in [3.63, 3.8) is 0 Å². The standard InChI is InChI=1S/C17H16ClN5O2/c1-11-5-3-4-6-13(11)17-20-22-23(21-17)10-16(24)19-14-9-12(18)7-8-15(14)25-2/h3-9H,10H2,1-2H3,(H,19,24). The summed E-state index contributed by atoms with van der Waals surface area (Å²) in [4.78, 5) is 13.5. The molecule has 2 aromatic carbocycles. The first-order valence-corrected chi connectivity index (χ1v) is 7.92. The highest BCUT2D eigenvalue weighted by Crippen LogP contribution is 2.27. The minimum atomic E-state index is -0.311. The first-order valence-electron chi connectivity index (χ1n) is 7.54. The second-order valence-electron chi connectivity index (χ2n) is 5.35. The fraction of sp³-hybridized carbons (Fsp3) is 0.176. The molecule has 7 nitrogen and oxygen atoms in total. The number of methoxy groups -OCH3 is 1. The van der Waals surface area contributed by atoms with Crippen LogP contribution < -0.4 is 10.1 Å². The van der Waals surface area contributed by atoms with E-state index in [2.05, 4.69) is 20.7 Å². The Bertz CT molecular complexity index is 910. The minimum absolute atomic E-state index is 0.0749. The van der Waals surface area contributed by atoms with Gasteiger partial charge < -0.3 is 10.1 Å². The van der Waals surface area contributed by atoms with Gasteiger partial charge >= 0.3 is 0 Å². The average molecular weight is 358 g/mol. The zero-order valence-corrected chi connectivity index (χ0v) is 14.5. The van der Waals surface area contributed by atoms with Crippen molar-refractivity contribution in [3.05, 3.63) is 53.1 Å². The summed E-state index contributed by atoms with van der Waals surface area (Å²) in [5.74, 6) is 0.686. The van der Waals surface area contributed by atoms with Crippen LogP contribution in [0.25, 0.3) is 11.4 Å². The first kappa shape index (κ1) is 16.9. The summed E-state index contributed by atoms with van der Waals surface area (Å²) in [5, 5.41) is 15.4. The van der Waals surface area contributed by atoms with Crippen molar-refractivity contribution in [1.29, 1.82) is 0 Å². The predicted molar refractivity (Wildman–Crippen MR) is 94.6 cm³/mol. The van der Waals surface area contributed by atoms with Crippen molar-refractivity contribution in [2.75, 3.05) is 12.4 Å². The molecule has 0 saturated heterocycles. The summed E-state index contributed by atoms with van der Waals surface area (Å²) in [7, 11) is 1.52. The molecule has 0 aliphatic rings. The summed E-state index contributed by atoms with van der Waals surface area (Å²) in [6, 6.07) is 12.7. The maximum absolute atomic E-state index is 12.2. The van der Waals surface area contributed by atoms with Gasteiger partial charge in [-0.05, 0) is 35.9 Å². The lowest BCUT2D eigenvalue weighted by atomic mass is 10.1. The molecule has 0 atom stereocenters. The lowest BCUT2D eigenvalue weighted by Gasteiger charge is -2.10. The minimum Gasteiger partial charge on any atom is -0.495 e. The molecular formula is C17H16ClN5O2. The number of halogens is 1. The Hall–Kier alpha value is -2.93. The van der Waals surface area contributed by atoms with Crippen molar-refractivity contribution >= 4 is 23.2 Å². The number of carbonyl (C=O) groups excluding carboxylic acids is 1. The molecule has 0 unspecified atom stereocenters. The molecule has 0 fully saturated rings. The second-order valence-corrected chi connectivity index (χ2v) is 5.79. The molecule has 8 heteroatoms. The zero-order chi connectivity index (χ0) is 17.8. The monoisotopic (exact) mass is 357 g/mol. The molecule has 128 valence electrons. The Morgan fingerprint density at radius 1 is 1.28 bits per heavy atom. The summed E-state index contributed by atoms with van der Waals surface area (Å²) in [6.45, 7) is 1.89. The fourth-order valence-corrected chi connectivity index (χ4v) is 2.51. The number of aromatic nitrogens is 4. The van der Waals surface area contributed by atoms with Crippen LogP contribution in [0.2, 0.25) is 5.02 Å². The second kappa shape index (κ2) is 7.31. The lowest BCUT2D eigenvalue weighted by Crippen LogP contribution is -2.20. The number of carbonyl (C=O) groups is 1. The van der Waals surface area contributed by atoms with Gasteiger partial charge in [0, 0.05) is 10.6 Å². The molecule has 0 bridgehead atoms. The number of hydrogen-bond acceptors (Lipinski definition) is 5. The highest BCUT2D eigenvalue weighted by Gasteiger charge is 2.13. The van der Waals surface area contributed by atoms with Gasteiger partial charge in [0.15, 0.2) is 0 Å². The number of anilines is 1. The normalized spacial score (nSPS) is 10.5. The zero-order valence-electron chi connectivity index (χ0n) is 13.7. The topological polar surface area (TPSA) is 81.9 Å². The number of nitrogens with zero attached hydrogens (tertiary/aromatic N) is 4. The van der Waals surface area contributed by atoms with Gasteiger partial charge in [0.1, 0.15) is 12.3 Å². The van der Waals surface area contributed by atoms with E-state index in [1.165, 1.54) is 11.9 Å². The van der Waals surface area contributed by atoms with E-state index >= 15 is 0 Å². The summed E-state index contributed by atoms with van der Waals surface area (Å²) < 4.78 is 5.20. The average Bonchev–Trinajstić information content (AvgIpc) is 3.03. The molecule has 1 aromatic heterocycles. The maximum atomic E-state index is 12.2. The van der Waals surface area contributed by atoms with Crippen molar-refractivity contribution in [3.8, 4) is 17.1 Å². The van der Waals surface area contributed by atoms with Gasteiger partial charge in [-0.3, -0.25) is 4.79 Å². The molecule has 1 amide bonds. The van der Waals surface area contributed by atoms with Crippen LogP contribution in [-0.2, 0) is 11.3 Å². The molecule has 25 heavy (non-hydrogen) atoms. The van der Waals surface area contributed by atoms with Gasteiger partial charge in [-0.2, -0.15) is 4.80 Å². The van der Waals surface area contributed by atoms with E-state index in [0.29, 0.717) is 22.3 Å². The van der Waals surface area contributed by atoms with Crippen LogP contribution in [0.1, 0.15) is 5.56 Å². The highest BCUT2D eigenvalue weighted by atomic mass is 35.5. The largest absolute Gasteiger partial charge is 0.495 e. The quantitative estimate of drug-likeness (QED) is 0.759. The van der Waals surface area contributed by atoms with Gasteiger partial charge in [-0.25, -0.2) is 0 Å². The number of rotatable bonds is 5. The maximum Gasteiger partial charge on any atom is 0.248 e. The van der Waals surface area contributed by atoms with Crippen LogP contribution in [-0.4, -0.2) is 33.2 Å². The van der Waals surface area contributed by atoms with E-state index < -0.39 is 0 Å². The molecule has 3 rings (SSSR count). The summed E-state index contributed by atoms with van der Waals surface area (Å²) in [6.07, 6.45) is 0. The molecule has 0 radical (unpaired) electrons. The Morgan fingerprint density at radius 3 is 2.84 bits per heavy atom. The van der Waals surface area contributed by atoms with Gasteiger partial charge in [0.25, 0.3) is 0 Å². The third-order valence-electron chi connectivity index (χ3n) is 3.56. The Balaban J connectivity index is 1.72. The molecule has 0 aliphatic heterocycles. The van der Waals surface area contributed by atoms with Crippen LogP contribution in [0, 0.1) is 6.92 Å². The molecule has 1 heterocycles. The number of aryl methyl sites for hydroxylation is 1. The van der Waals surface area contributed by atoms with Gasteiger partial charge in [0.2, 0.25) is 11.7 Å². The Labute approximate surface area is 149 Å². The van der Waals surface area contributed by atoms with Gasteiger partial charge in [-0.15, -0.1) is 10.2 Å². The van der Waals surface area contributed by atoms with Crippen LogP contribution in [0.3, 0.4) is 0 Å². The lowest BCUT2D eigenvalue weighted by molar-refractivity contribution is -0.117. The van der Waals surface area contributed by atoms with Crippen LogP contribution >= 0.6 is 11.6 Å². The van der Waals surface area contributed by atoms with Crippen LogP contribution in [0.4, 0.5) is 5.69 Å². The van der Waals surface area contributed by atoms with E-state index in [1.807, 2.05) is 31.2 Å². The number of hydrogen-bond donors (Lipinski definition) is 1. The number of ether oxygens (including phenoxy) is 1. The van der Waals surface area contributed by atoms with E-state index in [-0.39, 0.29) is 12.5 Å². The summed E-state index contributed by atoms with van der Waals surface area (Å²) in [5.41, 5.74) is 2.40. The summed E-state index contributed by atoms with van der Waals surface area (Å²) >= 11 is 5.96. The van der Waals surface area contributed by atoms with E-state index in [4.69, 9.17) is 16.3 Å². The Kier molecular flexibility index (Phi) is 4.95. The predicted octanol–water partition coefficient (Wildman–Crippen LogP) is 2.95. The third kappa shape index (κ3) is 3.95. The van der Waals surface area contributed by atoms with Crippen molar-refractivity contribution in [2.45, 2.75) is 13.5 Å². The van der Waals surface area contributed by atoms with Crippen LogP contribution in [0.15, 0.2) is 42.5 Å². The molecule has 0 spiro atoms. The smallest absolute Gasteiger partial charge is 0.248 e. The van der Waals surface area contributed by atoms with E-state index in [0.717, 1.165) is 11.1 Å². The fourth-order valence-electron chi connectivity index (χ4n) is 2.34. The number of amides is 1. The van der Waals surface area contributed by atoms with Crippen molar-refractivity contribution in [1.82, 2.24) is 20.2 Å². The third-order valence-corrected chi connectivity index (χ3v) is 3.79. The number of nitrogens with one attached hydrogen (secondary N) is 1. The molecular weight excluding hydrogens is 342 g/mol. The number of benzene rings is 2. The highest BCUT2D eigenvalue weighted by molar-refractivity contribution is 6.31. The van der Waals surface area contributed by atoms with Gasteiger partial charge in [-0.1, -0.05) is 35.9 Å².